The first-order valence-corrected chi connectivity index (χ1v) is 11.4. The normalized spacial score (nSPS) is 13.4. The fourth-order valence-corrected chi connectivity index (χ4v) is 5.39. The van der Waals surface area contributed by atoms with E-state index in [0.29, 0.717) is 10.1 Å². The zero-order chi connectivity index (χ0) is 19.7. The van der Waals surface area contributed by atoms with E-state index in [4.69, 9.17) is 0 Å². The lowest BCUT2D eigenvalue weighted by molar-refractivity contribution is 0.427. The van der Waals surface area contributed by atoms with Gasteiger partial charge in [0.2, 0.25) is 0 Å². The van der Waals surface area contributed by atoms with E-state index in [1.165, 1.54) is 11.5 Å². The van der Waals surface area contributed by atoms with Crippen LogP contribution in [0.3, 0.4) is 0 Å². The molecule has 0 aliphatic heterocycles. The Morgan fingerprint density at radius 1 is 1.07 bits per heavy atom. The van der Waals surface area contributed by atoms with E-state index >= 15 is 0 Å². The van der Waals surface area contributed by atoms with Crippen LogP contribution in [0.4, 0.5) is 0 Å². The third-order valence-electron chi connectivity index (χ3n) is 4.42. The van der Waals surface area contributed by atoms with Crippen LogP contribution in [-0.4, -0.2) is 12.4 Å². The molecule has 27 heavy (non-hydrogen) atoms. The molecule has 144 valence electrons. The molecule has 3 rings (SSSR count). The number of aromatic nitrogens is 1. The molecule has 0 N–H and O–H groups in total. The SMILES string of the molecule is CCCCc1cn(C(C)(C)C)s/c1=N\S(=O)(=O)c1cccc2ccccc12. The average Bonchev–Trinajstić information content (AvgIpc) is 3.01. The Balaban J connectivity index is 2.18. The lowest BCUT2D eigenvalue weighted by Crippen LogP contribution is -2.18. The number of sulfonamides is 1. The second kappa shape index (κ2) is 7.60. The number of hydrogen-bond acceptors (Lipinski definition) is 3. The van der Waals surface area contributed by atoms with Gasteiger partial charge in [-0.1, -0.05) is 49.7 Å². The van der Waals surface area contributed by atoms with Crippen LogP contribution in [0.2, 0.25) is 0 Å². The van der Waals surface area contributed by atoms with Gasteiger partial charge in [-0.15, -0.1) is 4.40 Å². The molecule has 6 heteroatoms. The van der Waals surface area contributed by atoms with Crippen LogP contribution >= 0.6 is 11.5 Å². The van der Waals surface area contributed by atoms with Gasteiger partial charge >= 0.3 is 0 Å². The summed E-state index contributed by atoms with van der Waals surface area (Å²) < 4.78 is 33.2. The quantitative estimate of drug-likeness (QED) is 0.597. The topological polar surface area (TPSA) is 51.4 Å². The van der Waals surface area contributed by atoms with E-state index in [0.717, 1.165) is 30.2 Å². The van der Waals surface area contributed by atoms with Gasteiger partial charge in [0.25, 0.3) is 10.0 Å². The van der Waals surface area contributed by atoms with E-state index in [1.54, 1.807) is 12.1 Å². The Hall–Kier alpha value is -1.92. The van der Waals surface area contributed by atoms with E-state index < -0.39 is 10.0 Å². The Morgan fingerprint density at radius 3 is 2.48 bits per heavy atom. The highest BCUT2D eigenvalue weighted by Gasteiger charge is 2.19. The van der Waals surface area contributed by atoms with Crippen molar-refractivity contribution in [2.45, 2.75) is 57.4 Å². The maximum atomic E-state index is 13.1. The Morgan fingerprint density at radius 2 is 1.78 bits per heavy atom. The third kappa shape index (κ3) is 4.33. The van der Waals surface area contributed by atoms with Gasteiger partial charge in [0, 0.05) is 22.7 Å². The molecular weight excluding hydrogens is 376 g/mol. The molecule has 0 bridgehead atoms. The average molecular weight is 403 g/mol. The number of nitrogens with zero attached hydrogens (tertiary/aromatic N) is 2. The molecule has 0 atom stereocenters. The lowest BCUT2D eigenvalue weighted by atomic mass is 10.1. The number of rotatable bonds is 5. The summed E-state index contributed by atoms with van der Waals surface area (Å²) in [5.41, 5.74) is 0.892. The van der Waals surface area contributed by atoms with Crippen LogP contribution in [0, 0.1) is 0 Å². The lowest BCUT2D eigenvalue weighted by Gasteiger charge is -2.19. The molecule has 1 heterocycles. The Labute approximate surface area is 165 Å². The highest BCUT2D eigenvalue weighted by Crippen LogP contribution is 2.25. The summed E-state index contributed by atoms with van der Waals surface area (Å²) in [5.74, 6) is 0. The molecule has 0 radical (unpaired) electrons. The largest absolute Gasteiger partial charge is 0.298 e. The van der Waals surface area contributed by atoms with Crippen LogP contribution in [0.5, 0.6) is 0 Å². The highest BCUT2D eigenvalue weighted by atomic mass is 32.2. The van der Waals surface area contributed by atoms with Crippen LogP contribution in [-0.2, 0) is 22.0 Å². The van der Waals surface area contributed by atoms with Crippen molar-refractivity contribution in [2.24, 2.45) is 4.40 Å². The number of benzene rings is 2. The second-order valence-electron chi connectivity index (χ2n) is 7.69. The molecule has 0 aliphatic rings. The van der Waals surface area contributed by atoms with Gasteiger partial charge in [-0.05, 0) is 56.6 Å². The first-order valence-electron chi connectivity index (χ1n) is 9.23. The maximum absolute atomic E-state index is 13.1. The van der Waals surface area contributed by atoms with Gasteiger partial charge < -0.3 is 0 Å². The molecule has 3 aromatic rings. The van der Waals surface area contributed by atoms with Gasteiger partial charge in [-0.3, -0.25) is 3.96 Å². The molecule has 0 amide bonds. The molecule has 2 aromatic carbocycles. The molecule has 1 aromatic heterocycles. The molecule has 0 saturated heterocycles. The molecule has 0 unspecified atom stereocenters. The minimum absolute atomic E-state index is 0.109. The number of hydrogen-bond donors (Lipinski definition) is 0. The monoisotopic (exact) mass is 402 g/mol. The van der Waals surface area contributed by atoms with Gasteiger partial charge in [-0.2, -0.15) is 8.42 Å². The van der Waals surface area contributed by atoms with Crippen LogP contribution in [0.25, 0.3) is 10.8 Å². The zero-order valence-electron chi connectivity index (χ0n) is 16.3. The Bertz CT molecular complexity index is 1110. The van der Waals surface area contributed by atoms with E-state index in [1.807, 2.05) is 30.3 Å². The third-order valence-corrected chi connectivity index (χ3v) is 7.25. The molecule has 0 spiro atoms. The first-order chi connectivity index (χ1) is 12.7. The van der Waals surface area contributed by atoms with E-state index in [-0.39, 0.29) is 10.4 Å². The summed E-state index contributed by atoms with van der Waals surface area (Å²) >= 11 is 1.41. The van der Waals surface area contributed by atoms with Gasteiger partial charge in [0.15, 0.2) is 4.67 Å². The minimum Gasteiger partial charge on any atom is -0.298 e. The standard InChI is InChI=1S/C21H26N2O2S2/c1-5-6-10-17-15-23(21(2,3)4)26-20(17)22-27(24,25)19-14-9-12-16-11-7-8-13-18(16)19/h7-9,11-15H,5-6,10H2,1-4H3/b22-20-. The molecule has 0 aliphatic carbocycles. The van der Waals surface area contributed by atoms with Crippen molar-refractivity contribution >= 4 is 32.3 Å². The number of unbranched alkanes of at least 4 members (excludes halogenated alkanes) is 1. The summed E-state index contributed by atoms with van der Waals surface area (Å²) in [6, 6.07) is 12.8. The molecule has 4 nitrogen and oxygen atoms in total. The maximum Gasteiger partial charge on any atom is 0.284 e. The predicted molar refractivity (Wildman–Crippen MR) is 113 cm³/mol. The van der Waals surface area contributed by atoms with Crippen molar-refractivity contribution in [3.63, 3.8) is 0 Å². The first kappa shape index (κ1) is 19.8. The van der Waals surface area contributed by atoms with Crippen molar-refractivity contribution in [3.8, 4) is 0 Å². The van der Waals surface area contributed by atoms with Crippen LogP contribution < -0.4 is 4.67 Å². The van der Waals surface area contributed by atoms with Gasteiger partial charge in [0.1, 0.15) is 0 Å². The fraction of sp³-hybridized carbons (Fsp3) is 0.381. The predicted octanol–water partition coefficient (Wildman–Crippen LogP) is 5.09. The highest BCUT2D eigenvalue weighted by molar-refractivity contribution is 7.90. The minimum atomic E-state index is -3.80. The van der Waals surface area contributed by atoms with E-state index in [9.17, 15) is 8.42 Å². The second-order valence-corrected chi connectivity index (χ2v) is 10.2. The van der Waals surface area contributed by atoms with Crippen molar-refractivity contribution in [3.05, 3.63) is 58.9 Å². The van der Waals surface area contributed by atoms with Crippen LogP contribution in [0.15, 0.2) is 58.0 Å². The fourth-order valence-electron chi connectivity index (χ4n) is 2.90. The van der Waals surface area contributed by atoms with Gasteiger partial charge in [-0.25, -0.2) is 0 Å². The summed E-state index contributed by atoms with van der Waals surface area (Å²) in [6.07, 6.45) is 4.95. The summed E-state index contributed by atoms with van der Waals surface area (Å²) in [4.78, 5) is 0.262. The molecule has 0 saturated carbocycles. The van der Waals surface area contributed by atoms with Crippen LogP contribution in [0.1, 0.15) is 46.1 Å². The summed E-state index contributed by atoms with van der Waals surface area (Å²) in [6.45, 7) is 8.45. The smallest absolute Gasteiger partial charge is 0.284 e. The summed E-state index contributed by atoms with van der Waals surface area (Å²) in [7, 11) is -3.80. The Kier molecular flexibility index (Phi) is 5.58. The van der Waals surface area contributed by atoms with Gasteiger partial charge in [0.05, 0.1) is 4.90 Å². The van der Waals surface area contributed by atoms with Crippen molar-refractivity contribution in [2.75, 3.05) is 0 Å². The van der Waals surface area contributed by atoms with Crippen molar-refractivity contribution in [1.82, 2.24) is 3.96 Å². The number of aryl methyl sites for hydroxylation is 1. The molecular formula is C21H26N2O2S2. The van der Waals surface area contributed by atoms with E-state index in [2.05, 4.69) is 42.2 Å². The summed E-state index contributed by atoms with van der Waals surface area (Å²) in [5, 5.41) is 1.61. The van der Waals surface area contributed by atoms with Crippen molar-refractivity contribution < 1.29 is 8.42 Å². The number of fused-ring (bicyclic) bond motifs is 1. The van der Waals surface area contributed by atoms with Crippen molar-refractivity contribution in [1.29, 1.82) is 0 Å². The zero-order valence-corrected chi connectivity index (χ0v) is 17.9. The molecule has 0 fully saturated rings.